The zero-order valence-corrected chi connectivity index (χ0v) is 13.5. The van der Waals surface area contributed by atoms with Crippen LogP contribution in [0, 0.1) is 0 Å². The predicted molar refractivity (Wildman–Crippen MR) is 89.7 cm³/mol. The number of piperazine rings is 1. The van der Waals surface area contributed by atoms with Crippen molar-refractivity contribution in [2.24, 2.45) is 0 Å². The molecular formula is C17H23N3S. The lowest BCUT2D eigenvalue weighted by Crippen LogP contribution is -2.42. The first-order chi connectivity index (χ1) is 10.3. The minimum absolute atomic E-state index is 0.986. The van der Waals surface area contributed by atoms with Crippen molar-refractivity contribution in [1.82, 2.24) is 15.2 Å². The molecule has 0 spiro atoms. The lowest BCUT2D eigenvalue weighted by atomic mass is 10.1. The average Bonchev–Trinajstić information content (AvgIpc) is 2.98. The van der Waals surface area contributed by atoms with Crippen molar-refractivity contribution in [3.05, 3.63) is 40.2 Å². The summed E-state index contributed by atoms with van der Waals surface area (Å²) in [4.78, 5) is 7.28. The Labute approximate surface area is 131 Å². The first-order valence-electron chi connectivity index (χ1n) is 7.82. The van der Waals surface area contributed by atoms with Gasteiger partial charge in [-0.3, -0.25) is 4.90 Å². The van der Waals surface area contributed by atoms with Gasteiger partial charge in [-0.2, -0.15) is 0 Å². The van der Waals surface area contributed by atoms with Crippen molar-refractivity contribution < 1.29 is 0 Å². The minimum atomic E-state index is 0.986. The monoisotopic (exact) mass is 301 g/mol. The van der Waals surface area contributed by atoms with Crippen molar-refractivity contribution in [3.8, 4) is 11.3 Å². The van der Waals surface area contributed by atoms with E-state index < -0.39 is 0 Å². The molecule has 1 aliphatic rings. The Hall–Kier alpha value is -1.23. The largest absolute Gasteiger partial charge is 0.314 e. The number of benzene rings is 1. The normalized spacial score (nSPS) is 16.2. The van der Waals surface area contributed by atoms with Crippen LogP contribution < -0.4 is 5.32 Å². The molecule has 1 aromatic heterocycles. The molecule has 21 heavy (non-hydrogen) atoms. The second-order valence-electron chi connectivity index (χ2n) is 5.60. The first kappa shape index (κ1) is 14.7. The maximum absolute atomic E-state index is 4.81. The molecule has 0 amide bonds. The van der Waals surface area contributed by atoms with Crippen LogP contribution in [0.2, 0.25) is 0 Å². The van der Waals surface area contributed by atoms with E-state index in [0.29, 0.717) is 0 Å². The smallest absolute Gasteiger partial charge is 0.107 e. The van der Waals surface area contributed by atoms with Crippen LogP contribution in [0.5, 0.6) is 0 Å². The number of hydrogen-bond donors (Lipinski definition) is 1. The first-order valence-corrected chi connectivity index (χ1v) is 8.70. The molecule has 1 saturated heterocycles. The van der Waals surface area contributed by atoms with E-state index in [1.807, 2.05) is 0 Å². The van der Waals surface area contributed by atoms with Gasteiger partial charge < -0.3 is 5.32 Å². The molecule has 112 valence electrons. The lowest BCUT2D eigenvalue weighted by Gasteiger charge is -2.26. The van der Waals surface area contributed by atoms with Gasteiger partial charge in [0.1, 0.15) is 5.01 Å². The molecule has 3 nitrogen and oxygen atoms in total. The summed E-state index contributed by atoms with van der Waals surface area (Å²) in [7, 11) is 0. The number of nitrogens with one attached hydrogen (secondary N) is 1. The summed E-state index contributed by atoms with van der Waals surface area (Å²) in [5, 5.41) is 6.80. The summed E-state index contributed by atoms with van der Waals surface area (Å²) in [6, 6.07) is 8.87. The van der Waals surface area contributed by atoms with Crippen molar-refractivity contribution in [1.29, 1.82) is 0 Å². The third-order valence-corrected chi connectivity index (χ3v) is 4.74. The minimum Gasteiger partial charge on any atom is -0.314 e. The van der Waals surface area contributed by atoms with Gasteiger partial charge in [-0.15, -0.1) is 11.3 Å². The number of thiazole rings is 1. The fourth-order valence-electron chi connectivity index (χ4n) is 2.71. The molecule has 1 N–H and O–H groups in total. The van der Waals surface area contributed by atoms with Gasteiger partial charge in [0.25, 0.3) is 0 Å². The maximum Gasteiger partial charge on any atom is 0.107 e. The predicted octanol–water partition coefficient (Wildman–Crippen LogP) is 3.17. The standard InChI is InChI=1S/C17H23N3S/c1-2-3-14-4-6-15(7-5-14)16-13-21-17(19-16)12-20-10-8-18-9-11-20/h4-7,13,18H,2-3,8-12H2,1H3. The molecule has 0 aliphatic carbocycles. The zero-order chi connectivity index (χ0) is 14.5. The van der Waals surface area contributed by atoms with Gasteiger partial charge in [0.2, 0.25) is 0 Å². The SMILES string of the molecule is CCCc1ccc(-c2csc(CN3CCNCC3)n2)cc1. The van der Waals surface area contributed by atoms with Gasteiger partial charge in [0.05, 0.1) is 12.2 Å². The Balaban J connectivity index is 1.66. The van der Waals surface area contributed by atoms with Crippen LogP contribution in [0.15, 0.2) is 29.6 Å². The Kier molecular flexibility index (Phi) is 5.01. The number of hydrogen-bond acceptors (Lipinski definition) is 4. The van der Waals surface area contributed by atoms with Crippen molar-refractivity contribution in [3.63, 3.8) is 0 Å². The zero-order valence-electron chi connectivity index (χ0n) is 12.6. The van der Waals surface area contributed by atoms with E-state index in [0.717, 1.165) is 44.8 Å². The molecule has 0 bridgehead atoms. The van der Waals surface area contributed by atoms with E-state index in [9.17, 15) is 0 Å². The van der Waals surface area contributed by atoms with Crippen LogP contribution in [-0.4, -0.2) is 36.1 Å². The topological polar surface area (TPSA) is 28.2 Å². The van der Waals surface area contributed by atoms with Gasteiger partial charge in [0, 0.05) is 37.1 Å². The van der Waals surface area contributed by atoms with Crippen LogP contribution in [0.25, 0.3) is 11.3 Å². The highest BCUT2D eigenvalue weighted by Crippen LogP contribution is 2.23. The summed E-state index contributed by atoms with van der Waals surface area (Å²) in [6.45, 7) is 7.65. The molecule has 2 aromatic rings. The number of rotatable bonds is 5. The number of aromatic nitrogens is 1. The Bertz CT molecular complexity index is 556. The van der Waals surface area contributed by atoms with Crippen LogP contribution >= 0.6 is 11.3 Å². The molecule has 0 saturated carbocycles. The van der Waals surface area contributed by atoms with Crippen LogP contribution in [0.4, 0.5) is 0 Å². The molecule has 4 heteroatoms. The summed E-state index contributed by atoms with van der Waals surface area (Å²) >= 11 is 1.78. The van der Waals surface area contributed by atoms with E-state index >= 15 is 0 Å². The molecule has 3 rings (SSSR count). The van der Waals surface area contributed by atoms with E-state index in [4.69, 9.17) is 4.98 Å². The van der Waals surface area contributed by atoms with Gasteiger partial charge in [-0.25, -0.2) is 4.98 Å². The second-order valence-corrected chi connectivity index (χ2v) is 6.54. The third kappa shape index (κ3) is 3.90. The van der Waals surface area contributed by atoms with Crippen LogP contribution in [-0.2, 0) is 13.0 Å². The van der Waals surface area contributed by atoms with E-state index in [2.05, 4.69) is 46.8 Å². The fraction of sp³-hybridized carbons (Fsp3) is 0.471. The quantitative estimate of drug-likeness (QED) is 0.919. The molecule has 1 aromatic carbocycles. The number of nitrogens with zero attached hydrogens (tertiary/aromatic N) is 2. The lowest BCUT2D eigenvalue weighted by molar-refractivity contribution is 0.233. The third-order valence-electron chi connectivity index (χ3n) is 3.91. The van der Waals surface area contributed by atoms with E-state index in [1.165, 1.54) is 22.6 Å². The maximum atomic E-state index is 4.81. The van der Waals surface area contributed by atoms with Gasteiger partial charge >= 0.3 is 0 Å². The van der Waals surface area contributed by atoms with Crippen molar-refractivity contribution >= 4 is 11.3 Å². The summed E-state index contributed by atoms with van der Waals surface area (Å²) in [6.07, 6.45) is 2.36. The van der Waals surface area contributed by atoms with E-state index in [-0.39, 0.29) is 0 Å². The van der Waals surface area contributed by atoms with Crippen molar-refractivity contribution in [2.45, 2.75) is 26.3 Å². The molecule has 0 unspecified atom stereocenters. The molecular weight excluding hydrogens is 278 g/mol. The molecule has 1 aliphatic heterocycles. The van der Waals surface area contributed by atoms with Crippen LogP contribution in [0.1, 0.15) is 23.9 Å². The highest BCUT2D eigenvalue weighted by atomic mass is 32.1. The highest BCUT2D eigenvalue weighted by Gasteiger charge is 2.12. The summed E-state index contributed by atoms with van der Waals surface area (Å²) in [5.41, 5.74) is 3.77. The van der Waals surface area contributed by atoms with Gasteiger partial charge in [-0.1, -0.05) is 37.6 Å². The van der Waals surface area contributed by atoms with Gasteiger partial charge in [-0.05, 0) is 12.0 Å². The van der Waals surface area contributed by atoms with Crippen molar-refractivity contribution in [2.75, 3.05) is 26.2 Å². The fourth-order valence-corrected chi connectivity index (χ4v) is 3.55. The highest BCUT2D eigenvalue weighted by molar-refractivity contribution is 7.09. The summed E-state index contributed by atoms with van der Waals surface area (Å²) < 4.78 is 0. The molecule has 1 fully saturated rings. The summed E-state index contributed by atoms with van der Waals surface area (Å²) in [5.74, 6) is 0. The Morgan fingerprint density at radius 2 is 1.95 bits per heavy atom. The Morgan fingerprint density at radius 1 is 1.19 bits per heavy atom. The van der Waals surface area contributed by atoms with E-state index in [1.54, 1.807) is 11.3 Å². The second kappa shape index (κ2) is 7.16. The van der Waals surface area contributed by atoms with Gasteiger partial charge in [0.15, 0.2) is 0 Å². The Morgan fingerprint density at radius 3 is 2.67 bits per heavy atom. The number of aryl methyl sites for hydroxylation is 1. The average molecular weight is 301 g/mol. The molecule has 0 radical (unpaired) electrons. The van der Waals surface area contributed by atoms with Crippen LogP contribution in [0.3, 0.4) is 0 Å². The molecule has 0 atom stereocenters. The molecule has 2 heterocycles.